The van der Waals surface area contributed by atoms with Crippen LogP contribution >= 0.6 is 15.9 Å². The van der Waals surface area contributed by atoms with Crippen molar-refractivity contribution in [2.75, 3.05) is 5.73 Å². The zero-order chi connectivity index (χ0) is 17.9. The van der Waals surface area contributed by atoms with E-state index in [1.807, 2.05) is 18.2 Å². The smallest absolute Gasteiger partial charge is 0.347 e. The number of rotatable bonds is 0. The van der Waals surface area contributed by atoms with E-state index in [2.05, 4.69) is 41.7 Å². The number of benzene rings is 1. The second-order valence-corrected chi connectivity index (χ2v) is 8.92. The molecule has 1 aliphatic carbocycles. The van der Waals surface area contributed by atoms with Gasteiger partial charge in [-0.05, 0) is 54.4 Å². The lowest BCUT2D eigenvalue weighted by Gasteiger charge is -2.35. The van der Waals surface area contributed by atoms with Crippen LogP contribution in [0.2, 0.25) is 0 Å². The van der Waals surface area contributed by atoms with Crippen molar-refractivity contribution in [2.45, 2.75) is 40.0 Å². The first-order chi connectivity index (χ1) is 11.8. The molecule has 130 valence electrons. The van der Waals surface area contributed by atoms with Gasteiger partial charge in [-0.2, -0.15) is 0 Å². The molecule has 0 fully saturated rings. The minimum absolute atomic E-state index is 0.210. The molecule has 0 spiro atoms. The topological polar surface area (TPSA) is 69.1 Å². The third-order valence-electron chi connectivity index (χ3n) is 5.43. The fraction of sp³-hybridized carbons (Fsp3) is 0.400. The van der Waals surface area contributed by atoms with Crippen LogP contribution in [0.25, 0.3) is 21.7 Å². The molecule has 0 unspecified atom stereocenters. The average Bonchev–Trinajstić information content (AvgIpc) is 2.53. The number of hydrogen-bond donors (Lipinski definition) is 1. The van der Waals surface area contributed by atoms with E-state index in [1.165, 1.54) is 0 Å². The first kappa shape index (κ1) is 16.6. The molecule has 1 aromatic carbocycles. The number of hydrogen-bond acceptors (Lipinski definition) is 4. The number of pyridine rings is 1. The molecule has 1 atom stereocenters. The van der Waals surface area contributed by atoms with Crippen molar-refractivity contribution in [3.05, 3.63) is 44.3 Å². The third kappa shape index (κ3) is 2.65. The highest BCUT2D eigenvalue weighted by molar-refractivity contribution is 9.10. The van der Waals surface area contributed by atoms with Gasteiger partial charge < -0.3 is 10.2 Å². The average molecular weight is 401 g/mol. The second kappa shape index (κ2) is 5.56. The van der Waals surface area contributed by atoms with Gasteiger partial charge in [0.15, 0.2) is 0 Å². The van der Waals surface area contributed by atoms with Gasteiger partial charge in [0.05, 0.1) is 0 Å². The minimum Gasteiger partial charge on any atom is -0.422 e. The number of nitrogens with two attached hydrogens (primary N) is 1. The number of anilines is 1. The van der Waals surface area contributed by atoms with Gasteiger partial charge in [-0.3, -0.25) is 0 Å². The first-order valence-corrected chi connectivity index (χ1v) is 9.38. The highest BCUT2D eigenvalue weighted by atomic mass is 79.9. The summed E-state index contributed by atoms with van der Waals surface area (Å²) in [5.41, 5.74) is 8.72. The van der Waals surface area contributed by atoms with Crippen LogP contribution < -0.4 is 11.4 Å². The molecule has 0 aliphatic heterocycles. The molecule has 4 nitrogen and oxygen atoms in total. The van der Waals surface area contributed by atoms with Crippen molar-refractivity contribution in [1.82, 2.24) is 4.98 Å². The number of fused-ring (bicyclic) bond motifs is 5. The maximum Gasteiger partial charge on any atom is 0.347 e. The molecule has 0 saturated carbocycles. The summed E-state index contributed by atoms with van der Waals surface area (Å²) >= 11 is 3.53. The van der Waals surface area contributed by atoms with Crippen LogP contribution in [0.15, 0.2) is 31.9 Å². The third-order valence-corrected chi connectivity index (χ3v) is 5.93. The van der Waals surface area contributed by atoms with E-state index in [4.69, 9.17) is 10.2 Å². The zero-order valence-electron chi connectivity index (χ0n) is 14.6. The number of halogens is 1. The lowest BCUT2D eigenvalue weighted by atomic mass is 9.71. The van der Waals surface area contributed by atoms with Crippen molar-refractivity contribution >= 4 is 43.5 Å². The van der Waals surface area contributed by atoms with Crippen LogP contribution in [-0.4, -0.2) is 4.98 Å². The summed E-state index contributed by atoms with van der Waals surface area (Å²) in [6.45, 7) is 6.83. The summed E-state index contributed by atoms with van der Waals surface area (Å²) < 4.78 is 6.45. The van der Waals surface area contributed by atoms with Crippen LogP contribution in [0, 0.1) is 11.3 Å². The van der Waals surface area contributed by atoms with Crippen LogP contribution in [0.4, 0.5) is 5.82 Å². The molecule has 5 heteroatoms. The summed E-state index contributed by atoms with van der Waals surface area (Å²) in [4.78, 5) is 17.1. The summed E-state index contributed by atoms with van der Waals surface area (Å²) in [5.74, 6) is 0.821. The van der Waals surface area contributed by atoms with E-state index in [9.17, 15) is 4.79 Å². The molecule has 3 aromatic rings. The molecule has 2 heterocycles. The molecular formula is C20H21BrN2O2. The van der Waals surface area contributed by atoms with Crippen molar-refractivity contribution in [3.8, 4) is 0 Å². The van der Waals surface area contributed by atoms with Gasteiger partial charge in [0.2, 0.25) is 0 Å². The molecule has 2 N–H and O–H groups in total. The maximum atomic E-state index is 12.6. The highest BCUT2D eigenvalue weighted by Gasteiger charge is 2.31. The Bertz CT molecular complexity index is 1060. The Balaban J connectivity index is 2.13. The van der Waals surface area contributed by atoms with E-state index in [-0.39, 0.29) is 11.2 Å². The van der Waals surface area contributed by atoms with Crippen LogP contribution in [0.5, 0.6) is 0 Å². The van der Waals surface area contributed by atoms with Crippen molar-refractivity contribution in [1.29, 1.82) is 0 Å². The molecule has 0 bridgehead atoms. The number of nitrogens with zero attached hydrogens (tertiary/aromatic N) is 1. The predicted octanol–water partition coefficient (Wildman–Crippen LogP) is 4.84. The van der Waals surface area contributed by atoms with E-state index < -0.39 is 5.63 Å². The monoisotopic (exact) mass is 400 g/mol. The van der Waals surface area contributed by atoms with Crippen molar-refractivity contribution in [3.63, 3.8) is 0 Å². The quantitative estimate of drug-likeness (QED) is 0.433. The van der Waals surface area contributed by atoms with Crippen LogP contribution in [0.1, 0.15) is 38.4 Å². The Morgan fingerprint density at radius 2 is 2.04 bits per heavy atom. The Morgan fingerprint density at radius 1 is 1.28 bits per heavy atom. The fourth-order valence-corrected chi connectivity index (χ4v) is 4.32. The first-order valence-electron chi connectivity index (χ1n) is 8.59. The number of nitrogen functional groups attached to an aromatic ring is 1. The second-order valence-electron chi connectivity index (χ2n) is 8.01. The minimum atomic E-state index is -0.407. The van der Waals surface area contributed by atoms with Gasteiger partial charge in [-0.15, -0.1) is 0 Å². The fourth-order valence-electron chi connectivity index (χ4n) is 3.96. The lowest BCUT2D eigenvalue weighted by molar-refractivity contribution is 0.215. The molecule has 0 saturated heterocycles. The van der Waals surface area contributed by atoms with Crippen LogP contribution in [0.3, 0.4) is 0 Å². The van der Waals surface area contributed by atoms with Gasteiger partial charge in [-0.25, -0.2) is 9.78 Å². The van der Waals surface area contributed by atoms with E-state index >= 15 is 0 Å². The summed E-state index contributed by atoms with van der Waals surface area (Å²) in [5, 5.41) is 2.26. The maximum absolute atomic E-state index is 12.6. The lowest BCUT2D eigenvalue weighted by Crippen LogP contribution is -2.28. The molecule has 0 amide bonds. The van der Waals surface area contributed by atoms with Gasteiger partial charge in [0.1, 0.15) is 16.8 Å². The van der Waals surface area contributed by atoms with Crippen LogP contribution in [-0.2, 0) is 12.8 Å². The summed E-state index contributed by atoms with van der Waals surface area (Å²) in [6, 6.07) is 5.71. The molecular weight excluding hydrogens is 380 g/mol. The molecule has 4 rings (SSSR count). The molecule has 0 radical (unpaired) electrons. The molecule has 25 heavy (non-hydrogen) atoms. The van der Waals surface area contributed by atoms with Gasteiger partial charge in [-0.1, -0.05) is 36.7 Å². The van der Waals surface area contributed by atoms with E-state index in [0.29, 0.717) is 16.9 Å². The highest BCUT2D eigenvalue weighted by Crippen LogP contribution is 2.41. The van der Waals surface area contributed by atoms with Gasteiger partial charge in [0, 0.05) is 20.9 Å². The largest absolute Gasteiger partial charge is 0.422 e. The number of aryl methyl sites for hydroxylation is 1. The SMILES string of the molecule is CC(C)(C)[C@@H]1CCc2nc(N)c3c(=O)oc4ccc(Br)cc4c3c2C1. The van der Waals surface area contributed by atoms with Crippen molar-refractivity contribution in [2.24, 2.45) is 11.3 Å². The summed E-state index contributed by atoms with van der Waals surface area (Å²) in [7, 11) is 0. The standard InChI is InChI=1S/C20H21BrN2O2/c1-20(2,3)10-4-6-14-12(8-10)16-13-9-11(21)5-7-15(13)25-19(24)17(16)18(22)23-14/h5,7,9-10H,4,6,8H2,1-3H3,(H2,22,23)/t10-/m1/s1. The van der Waals surface area contributed by atoms with E-state index in [0.717, 1.165) is 45.8 Å². The predicted molar refractivity (Wildman–Crippen MR) is 105 cm³/mol. The summed E-state index contributed by atoms with van der Waals surface area (Å²) in [6.07, 6.45) is 2.90. The Hall–Kier alpha value is -1.88. The Morgan fingerprint density at radius 3 is 2.76 bits per heavy atom. The number of aromatic nitrogens is 1. The normalized spacial score (nSPS) is 17.8. The molecule has 2 aromatic heterocycles. The Kier molecular flexibility index (Phi) is 3.69. The van der Waals surface area contributed by atoms with E-state index in [1.54, 1.807) is 0 Å². The van der Waals surface area contributed by atoms with Gasteiger partial charge in [0.25, 0.3) is 0 Å². The molecule has 1 aliphatic rings. The zero-order valence-corrected chi connectivity index (χ0v) is 16.2. The van der Waals surface area contributed by atoms with Gasteiger partial charge >= 0.3 is 5.63 Å². The van der Waals surface area contributed by atoms with Crippen molar-refractivity contribution < 1.29 is 4.42 Å². The Labute approximate surface area is 154 Å².